The fourth-order valence-corrected chi connectivity index (χ4v) is 1.75. The third kappa shape index (κ3) is 4.81. The molecule has 0 aromatic carbocycles. The van der Waals surface area contributed by atoms with Crippen molar-refractivity contribution in [2.24, 2.45) is 5.92 Å². The highest BCUT2D eigenvalue weighted by Crippen LogP contribution is 2.16. The van der Waals surface area contributed by atoms with Crippen molar-refractivity contribution in [1.82, 2.24) is 9.78 Å². The first-order valence-electron chi connectivity index (χ1n) is 6.19. The van der Waals surface area contributed by atoms with E-state index in [4.69, 9.17) is 21.4 Å². The summed E-state index contributed by atoms with van der Waals surface area (Å²) in [5.41, 5.74) is 0.184. The largest absolute Gasteiger partial charge is 0.396 e. The van der Waals surface area contributed by atoms with E-state index in [0.717, 1.165) is 0 Å². The topological polar surface area (TPSA) is 76.4 Å². The molecule has 0 aliphatic carbocycles. The summed E-state index contributed by atoms with van der Waals surface area (Å²) in [4.78, 5) is 11.9. The summed E-state index contributed by atoms with van der Waals surface area (Å²) >= 11 is 6.01. The van der Waals surface area contributed by atoms with Crippen LogP contribution in [0.1, 0.15) is 13.3 Å². The second kappa shape index (κ2) is 8.14. The van der Waals surface area contributed by atoms with Gasteiger partial charge in [0.1, 0.15) is 5.02 Å². The summed E-state index contributed by atoms with van der Waals surface area (Å²) in [6, 6.07) is 0. The fraction of sp³-hybridized carbons (Fsp3) is 0.667. The normalized spacial score (nSPS) is 12.4. The van der Waals surface area contributed by atoms with E-state index in [1.54, 1.807) is 7.11 Å². The van der Waals surface area contributed by atoms with Gasteiger partial charge in [0, 0.05) is 20.3 Å². The highest BCUT2D eigenvalue weighted by Gasteiger charge is 2.10. The Labute approximate surface area is 117 Å². The van der Waals surface area contributed by atoms with E-state index in [2.05, 4.69) is 10.4 Å². The van der Waals surface area contributed by atoms with Crippen LogP contribution in [-0.2, 0) is 11.3 Å². The minimum Gasteiger partial charge on any atom is -0.396 e. The first-order chi connectivity index (χ1) is 9.10. The maximum Gasteiger partial charge on any atom is 0.287 e. The summed E-state index contributed by atoms with van der Waals surface area (Å²) in [6.07, 6.45) is 2.23. The van der Waals surface area contributed by atoms with Crippen molar-refractivity contribution in [3.05, 3.63) is 21.6 Å². The summed E-state index contributed by atoms with van der Waals surface area (Å²) < 4.78 is 6.17. The van der Waals surface area contributed by atoms with E-state index in [9.17, 15) is 4.79 Å². The van der Waals surface area contributed by atoms with Crippen molar-refractivity contribution in [3.8, 4) is 0 Å². The SMILES string of the molecule is COCCn1ncc(NCC(C)CCO)c(Cl)c1=O. The number of rotatable bonds is 8. The highest BCUT2D eigenvalue weighted by atomic mass is 35.5. The zero-order valence-corrected chi connectivity index (χ0v) is 12.0. The Balaban J connectivity index is 2.71. The Morgan fingerprint density at radius 2 is 2.37 bits per heavy atom. The van der Waals surface area contributed by atoms with Gasteiger partial charge < -0.3 is 15.2 Å². The van der Waals surface area contributed by atoms with Crippen LogP contribution in [0.3, 0.4) is 0 Å². The second-order valence-electron chi connectivity index (χ2n) is 4.39. The number of hydrogen-bond acceptors (Lipinski definition) is 5. The molecule has 6 nitrogen and oxygen atoms in total. The van der Waals surface area contributed by atoms with Crippen LogP contribution in [0.15, 0.2) is 11.0 Å². The standard InChI is InChI=1S/C12H20ClN3O3/c1-9(3-5-17)7-14-10-8-15-16(4-6-19-2)12(18)11(10)13/h8-9,14,17H,3-7H2,1-2H3. The maximum absolute atomic E-state index is 11.9. The number of halogens is 1. The molecule has 0 radical (unpaired) electrons. The minimum atomic E-state index is -0.335. The Kier molecular flexibility index (Phi) is 6.83. The van der Waals surface area contributed by atoms with Gasteiger partial charge in [-0.2, -0.15) is 5.10 Å². The molecule has 1 heterocycles. The first-order valence-corrected chi connectivity index (χ1v) is 6.57. The lowest BCUT2D eigenvalue weighted by molar-refractivity contribution is 0.182. The van der Waals surface area contributed by atoms with Crippen LogP contribution < -0.4 is 10.9 Å². The summed E-state index contributed by atoms with van der Waals surface area (Å²) in [6.45, 7) is 3.56. The lowest BCUT2D eigenvalue weighted by Crippen LogP contribution is -2.26. The first kappa shape index (κ1) is 15.9. The number of methoxy groups -OCH3 is 1. The van der Waals surface area contributed by atoms with Gasteiger partial charge in [-0.3, -0.25) is 4.79 Å². The van der Waals surface area contributed by atoms with Gasteiger partial charge >= 0.3 is 0 Å². The van der Waals surface area contributed by atoms with Gasteiger partial charge in [-0.05, 0) is 12.3 Å². The molecule has 1 unspecified atom stereocenters. The van der Waals surface area contributed by atoms with Gasteiger partial charge in [0.05, 0.1) is 25.0 Å². The van der Waals surface area contributed by atoms with Crippen LogP contribution in [0.2, 0.25) is 5.02 Å². The molecule has 108 valence electrons. The number of nitrogens with zero attached hydrogens (tertiary/aromatic N) is 2. The van der Waals surface area contributed by atoms with Gasteiger partial charge in [-0.1, -0.05) is 18.5 Å². The van der Waals surface area contributed by atoms with Gasteiger partial charge in [0.2, 0.25) is 0 Å². The van der Waals surface area contributed by atoms with Gasteiger partial charge in [0.15, 0.2) is 0 Å². The van der Waals surface area contributed by atoms with E-state index in [-0.39, 0.29) is 23.1 Å². The van der Waals surface area contributed by atoms with E-state index in [1.807, 2.05) is 6.92 Å². The number of hydrogen-bond donors (Lipinski definition) is 2. The monoisotopic (exact) mass is 289 g/mol. The van der Waals surface area contributed by atoms with Crippen LogP contribution in [0.5, 0.6) is 0 Å². The van der Waals surface area contributed by atoms with Crippen molar-refractivity contribution in [2.45, 2.75) is 19.9 Å². The molecule has 1 aromatic heterocycles. The smallest absolute Gasteiger partial charge is 0.287 e. The number of ether oxygens (including phenoxy) is 1. The van der Waals surface area contributed by atoms with Gasteiger partial charge in [-0.15, -0.1) is 0 Å². The maximum atomic E-state index is 11.9. The molecule has 2 N–H and O–H groups in total. The molecule has 0 amide bonds. The molecule has 0 aliphatic rings. The molecule has 0 bridgehead atoms. The number of anilines is 1. The predicted octanol–water partition coefficient (Wildman–Crippen LogP) is 0.973. The van der Waals surface area contributed by atoms with E-state index >= 15 is 0 Å². The number of aromatic nitrogens is 2. The molecule has 19 heavy (non-hydrogen) atoms. The highest BCUT2D eigenvalue weighted by molar-refractivity contribution is 6.32. The van der Waals surface area contributed by atoms with Crippen molar-refractivity contribution in [1.29, 1.82) is 0 Å². The van der Waals surface area contributed by atoms with Crippen molar-refractivity contribution >= 4 is 17.3 Å². The fourth-order valence-electron chi connectivity index (χ4n) is 1.53. The Hall–Kier alpha value is -1.11. The van der Waals surface area contributed by atoms with Crippen molar-refractivity contribution in [3.63, 3.8) is 0 Å². The van der Waals surface area contributed by atoms with Crippen LogP contribution >= 0.6 is 11.6 Å². The molecule has 1 aromatic rings. The molecule has 0 fully saturated rings. The second-order valence-corrected chi connectivity index (χ2v) is 4.77. The zero-order valence-electron chi connectivity index (χ0n) is 11.2. The van der Waals surface area contributed by atoms with E-state index < -0.39 is 0 Å². The van der Waals surface area contributed by atoms with Crippen molar-refractivity contribution in [2.75, 3.05) is 32.2 Å². The molecule has 1 atom stereocenters. The van der Waals surface area contributed by atoms with Crippen LogP contribution in [0.4, 0.5) is 5.69 Å². The molecule has 0 aliphatic heterocycles. The lowest BCUT2D eigenvalue weighted by atomic mass is 10.1. The number of aliphatic hydroxyl groups excluding tert-OH is 1. The van der Waals surface area contributed by atoms with Crippen LogP contribution in [-0.4, -0.2) is 41.8 Å². The third-order valence-corrected chi connectivity index (χ3v) is 3.12. The van der Waals surface area contributed by atoms with Crippen LogP contribution in [0.25, 0.3) is 0 Å². The predicted molar refractivity (Wildman–Crippen MR) is 74.7 cm³/mol. The summed E-state index contributed by atoms with van der Waals surface area (Å²) in [5.74, 6) is 0.289. The lowest BCUT2D eigenvalue weighted by Gasteiger charge is -2.13. The molecule has 1 rings (SSSR count). The summed E-state index contributed by atoms with van der Waals surface area (Å²) in [5, 5.41) is 16.0. The molecular formula is C12H20ClN3O3. The minimum absolute atomic E-state index is 0.127. The molecule has 0 saturated heterocycles. The van der Waals surface area contributed by atoms with Crippen LogP contribution in [0, 0.1) is 5.92 Å². The zero-order chi connectivity index (χ0) is 14.3. The average Bonchev–Trinajstić information content (AvgIpc) is 2.40. The number of aliphatic hydroxyl groups is 1. The quantitative estimate of drug-likeness (QED) is 0.746. The van der Waals surface area contributed by atoms with Crippen molar-refractivity contribution < 1.29 is 9.84 Å². The van der Waals surface area contributed by atoms with Gasteiger partial charge in [0.25, 0.3) is 5.56 Å². The third-order valence-electron chi connectivity index (χ3n) is 2.75. The van der Waals surface area contributed by atoms with E-state index in [1.165, 1.54) is 10.9 Å². The Morgan fingerprint density at radius 1 is 1.63 bits per heavy atom. The molecule has 0 spiro atoms. The molecule has 7 heteroatoms. The Bertz CT molecular complexity index is 450. The molecule has 0 saturated carbocycles. The number of nitrogens with one attached hydrogen (secondary N) is 1. The van der Waals surface area contributed by atoms with E-state index in [0.29, 0.717) is 31.8 Å². The van der Waals surface area contributed by atoms with Gasteiger partial charge in [-0.25, -0.2) is 4.68 Å². The Morgan fingerprint density at radius 3 is 3.00 bits per heavy atom. The summed E-state index contributed by atoms with van der Waals surface area (Å²) in [7, 11) is 1.56. The average molecular weight is 290 g/mol. The molecular weight excluding hydrogens is 270 g/mol.